The van der Waals surface area contributed by atoms with Crippen molar-refractivity contribution in [2.45, 2.75) is 52.0 Å². The van der Waals surface area contributed by atoms with E-state index in [9.17, 15) is 0 Å². The molecule has 0 radical (unpaired) electrons. The number of benzene rings is 2. The largest absolute Gasteiger partial charge is 0.361 e. The Balaban J connectivity index is 1.79. The number of aromatic amines is 1. The SMILES string of the molecule is CC(C)(Cc1cccc2c1ccn2C(C)(C)C)c1cccc2cc[nH]c12. The predicted molar refractivity (Wildman–Crippen MR) is 112 cm³/mol. The summed E-state index contributed by atoms with van der Waals surface area (Å²) >= 11 is 0. The fourth-order valence-corrected chi connectivity index (χ4v) is 4.19. The molecular weight excluding hydrogens is 316 g/mol. The molecule has 2 nitrogen and oxygen atoms in total. The van der Waals surface area contributed by atoms with Crippen LogP contribution in [0.3, 0.4) is 0 Å². The third-order valence-corrected chi connectivity index (χ3v) is 5.49. The molecule has 2 heterocycles. The maximum absolute atomic E-state index is 3.44. The molecule has 0 amide bonds. The van der Waals surface area contributed by atoms with E-state index in [4.69, 9.17) is 0 Å². The molecule has 0 aliphatic rings. The average molecular weight is 345 g/mol. The summed E-state index contributed by atoms with van der Waals surface area (Å²) in [6, 6.07) is 17.8. The predicted octanol–water partition coefficient (Wildman–Crippen LogP) is 6.40. The van der Waals surface area contributed by atoms with Gasteiger partial charge < -0.3 is 9.55 Å². The number of fused-ring (bicyclic) bond motifs is 2. The second-order valence-corrected chi connectivity index (χ2v) is 9.01. The van der Waals surface area contributed by atoms with E-state index in [1.165, 1.54) is 32.9 Å². The Morgan fingerprint density at radius 3 is 2.42 bits per heavy atom. The number of para-hydroxylation sites is 1. The van der Waals surface area contributed by atoms with Gasteiger partial charge in [0.15, 0.2) is 0 Å². The number of aromatic nitrogens is 2. The lowest BCUT2D eigenvalue weighted by Gasteiger charge is -2.27. The summed E-state index contributed by atoms with van der Waals surface area (Å²) < 4.78 is 2.38. The molecule has 134 valence electrons. The highest BCUT2D eigenvalue weighted by molar-refractivity contribution is 5.85. The molecule has 2 heteroatoms. The van der Waals surface area contributed by atoms with Gasteiger partial charge in [0.25, 0.3) is 0 Å². The smallest absolute Gasteiger partial charge is 0.0492 e. The van der Waals surface area contributed by atoms with Crippen molar-refractivity contribution >= 4 is 21.8 Å². The molecule has 0 fully saturated rings. The fourth-order valence-electron chi connectivity index (χ4n) is 4.19. The highest BCUT2D eigenvalue weighted by Gasteiger charge is 2.25. The van der Waals surface area contributed by atoms with E-state index in [1.54, 1.807) is 0 Å². The van der Waals surface area contributed by atoms with E-state index in [-0.39, 0.29) is 11.0 Å². The number of hydrogen-bond acceptors (Lipinski definition) is 0. The highest BCUT2D eigenvalue weighted by atomic mass is 15.0. The molecule has 4 aromatic rings. The van der Waals surface area contributed by atoms with Crippen LogP contribution >= 0.6 is 0 Å². The van der Waals surface area contributed by atoms with Gasteiger partial charge in [0.1, 0.15) is 0 Å². The van der Waals surface area contributed by atoms with Gasteiger partial charge in [0.2, 0.25) is 0 Å². The first-order valence-electron chi connectivity index (χ1n) is 9.43. The molecule has 2 aromatic heterocycles. The molecule has 0 bridgehead atoms. The lowest BCUT2D eigenvalue weighted by molar-refractivity contribution is 0.411. The first-order valence-corrected chi connectivity index (χ1v) is 9.43. The first kappa shape index (κ1) is 17.0. The Labute approximate surface area is 155 Å². The van der Waals surface area contributed by atoms with E-state index < -0.39 is 0 Å². The molecule has 0 unspecified atom stereocenters. The summed E-state index contributed by atoms with van der Waals surface area (Å²) in [6.07, 6.45) is 5.28. The van der Waals surface area contributed by atoms with Crippen LogP contribution in [0.1, 0.15) is 45.7 Å². The van der Waals surface area contributed by atoms with E-state index in [1.807, 2.05) is 6.20 Å². The van der Waals surface area contributed by atoms with E-state index in [0.717, 1.165) is 6.42 Å². The Morgan fingerprint density at radius 2 is 1.65 bits per heavy atom. The summed E-state index contributed by atoms with van der Waals surface area (Å²) in [6.45, 7) is 11.5. The van der Waals surface area contributed by atoms with Crippen molar-refractivity contribution in [3.05, 3.63) is 72.1 Å². The van der Waals surface area contributed by atoms with Gasteiger partial charge in [-0.1, -0.05) is 44.2 Å². The van der Waals surface area contributed by atoms with Gasteiger partial charge in [-0.2, -0.15) is 0 Å². The molecule has 0 spiro atoms. The minimum atomic E-state index is 0.0441. The van der Waals surface area contributed by atoms with Crippen LogP contribution in [-0.4, -0.2) is 9.55 Å². The van der Waals surface area contributed by atoms with Crippen LogP contribution < -0.4 is 0 Å². The molecule has 4 rings (SSSR count). The fraction of sp³-hybridized carbons (Fsp3) is 0.333. The van der Waals surface area contributed by atoms with Crippen molar-refractivity contribution in [1.82, 2.24) is 9.55 Å². The van der Waals surface area contributed by atoms with Crippen molar-refractivity contribution in [1.29, 1.82) is 0 Å². The van der Waals surface area contributed by atoms with Crippen LogP contribution in [0, 0.1) is 0 Å². The molecule has 0 aliphatic heterocycles. The Hall–Kier alpha value is -2.48. The van der Waals surface area contributed by atoms with Gasteiger partial charge in [0, 0.05) is 34.4 Å². The van der Waals surface area contributed by atoms with Gasteiger partial charge in [-0.3, -0.25) is 0 Å². The van der Waals surface area contributed by atoms with Crippen LogP contribution in [0.2, 0.25) is 0 Å². The summed E-state index contributed by atoms with van der Waals surface area (Å²) in [5.41, 5.74) is 5.51. The summed E-state index contributed by atoms with van der Waals surface area (Å²) in [5.74, 6) is 0. The molecule has 0 aliphatic carbocycles. The number of nitrogens with zero attached hydrogens (tertiary/aromatic N) is 1. The Kier molecular flexibility index (Phi) is 3.76. The van der Waals surface area contributed by atoms with Crippen LogP contribution in [0.5, 0.6) is 0 Å². The lowest BCUT2D eigenvalue weighted by Crippen LogP contribution is -2.22. The normalized spacial score (nSPS) is 13.0. The van der Waals surface area contributed by atoms with E-state index >= 15 is 0 Å². The zero-order chi connectivity index (χ0) is 18.5. The molecule has 26 heavy (non-hydrogen) atoms. The minimum absolute atomic E-state index is 0.0441. The maximum atomic E-state index is 3.44. The van der Waals surface area contributed by atoms with Gasteiger partial charge >= 0.3 is 0 Å². The summed E-state index contributed by atoms with van der Waals surface area (Å²) in [7, 11) is 0. The summed E-state index contributed by atoms with van der Waals surface area (Å²) in [4.78, 5) is 3.44. The number of hydrogen-bond donors (Lipinski definition) is 1. The number of nitrogens with one attached hydrogen (secondary N) is 1. The molecule has 0 saturated heterocycles. The van der Waals surface area contributed by atoms with Crippen molar-refractivity contribution < 1.29 is 0 Å². The van der Waals surface area contributed by atoms with Crippen LogP contribution in [-0.2, 0) is 17.4 Å². The Morgan fingerprint density at radius 1 is 0.885 bits per heavy atom. The Bertz CT molecular complexity index is 1070. The van der Waals surface area contributed by atoms with Crippen LogP contribution in [0.25, 0.3) is 21.8 Å². The molecular formula is C24H28N2. The third kappa shape index (κ3) is 2.74. The highest BCUT2D eigenvalue weighted by Crippen LogP contribution is 2.35. The standard InChI is InChI=1S/C24H28N2/c1-23(2,3)26-15-13-19-18(9-7-11-21(19)26)16-24(4,5)20-10-6-8-17-12-14-25-22(17)20/h6-15,25H,16H2,1-5H3. The number of H-pyrrole nitrogens is 1. The van der Waals surface area contributed by atoms with Gasteiger partial charge in [-0.05, 0) is 67.3 Å². The molecule has 0 saturated carbocycles. The van der Waals surface area contributed by atoms with Gasteiger partial charge in [-0.15, -0.1) is 0 Å². The van der Waals surface area contributed by atoms with Crippen molar-refractivity contribution in [3.8, 4) is 0 Å². The average Bonchev–Trinajstić information content (AvgIpc) is 3.20. The number of rotatable bonds is 3. The monoisotopic (exact) mass is 344 g/mol. The van der Waals surface area contributed by atoms with Crippen molar-refractivity contribution in [3.63, 3.8) is 0 Å². The quantitative estimate of drug-likeness (QED) is 0.444. The van der Waals surface area contributed by atoms with Gasteiger partial charge in [-0.25, -0.2) is 0 Å². The first-order chi connectivity index (χ1) is 12.3. The third-order valence-electron chi connectivity index (χ3n) is 5.49. The molecule has 0 atom stereocenters. The second-order valence-electron chi connectivity index (χ2n) is 9.01. The zero-order valence-corrected chi connectivity index (χ0v) is 16.4. The van der Waals surface area contributed by atoms with E-state index in [2.05, 4.69) is 98.9 Å². The summed E-state index contributed by atoms with van der Waals surface area (Å²) in [5, 5.41) is 2.65. The topological polar surface area (TPSA) is 20.7 Å². The maximum Gasteiger partial charge on any atom is 0.0492 e. The lowest BCUT2D eigenvalue weighted by atomic mass is 9.78. The van der Waals surface area contributed by atoms with Crippen LogP contribution in [0.15, 0.2) is 60.9 Å². The van der Waals surface area contributed by atoms with Crippen molar-refractivity contribution in [2.24, 2.45) is 0 Å². The van der Waals surface area contributed by atoms with E-state index in [0.29, 0.717) is 0 Å². The second kappa shape index (κ2) is 5.77. The minimum Gasteiger partial charge on any atom is -0.361 e. The van der Waals surface area contributed by atoms with Crippen molar-refractivity contribution in [2.75, 3.05) is 0 Å². The molecule has 2 aromatic carbocycles. The van der Waals surface area contributed by atoms with Gasteiger partial charge in [0.05, 0.1) is 0 Å². The zero-order valence-electron chi connectivity index (χ0n) is 16.4. The molecule has 1 N–H and O–H groups in total. The van der Waals surface area contributed by atoms with Crippen LogP contribution in [0.4, 0.5) is 0 Å².